The second kappa shape index (κ2) is 6.89. The van der Waals surface area contributed by atoms with Crippen molar-refractivity contribution in [2.75, 3.05) is 31.4 Å². The van der Waals surface area contributed by atoms with Crippen LogP contribution in [-0.2, 0) is 4.74 Å². The molecule has 0 saturated heterocycles. The molecule has 0 aromatic carbocycles. The molecule has 1 rings (SSSR count). The fraction of sp³-hybridized carbons (Fsp3) is 0.545. The molecule has 1 aromatic heterocycles. The second-order valence-corrected chi connectivity index (χ2v) is 4.54. The number of hydrogen-bond donors (Lipinski definition) is 2. The van der Waals surface area contributed by atoms with Crippen LogP contribution in [0.15, 0.2) is 6.07 Å². The maximum absolute atomic E-state index is 6.07. The van der Waals surface area contributed by atoms with Crippen molar-refractivity contribution in [3.63, 3.8) is 0 Å². The van der Waals surface area contributed by atoms with Crippen molar-refractivity contribution < 1.29 is 4.74 Å². The first-order valence-electron chi connectivity index (χ1n) is 5.37. The first-order chi connectivity index (χ1) is 8.08. The standard InChI is InChI=1S/C11H17Cl2N3O/c1-7(4-5-17-3)15-11-9(13)6-8(12)10(14-2)16-11/h6-7H,4-5H2,1-3H3,(H2,14,15,16). The Morgan fingerprint density at radius 2 is 2.00 bits per heavy atom. The van der Waals surface area contributed by atoms with E-state index in [1.807, 2.05) is 6.92 Å². The number of hydrogen-bond acceptors (Lipinski definition) is 4. The van der Waals surface area contributed by atoms with Crippen molar-refractivity contribution in [2.24, 2.45) is 0 Å². The summed E-state index contributed by atoms with van der Waals surface area (Å²) in [6, 6.07) is 1.90. The zero-order valence-electron chi connectivity index (χ0n) is 10.2. The van der Waals surface area contributed by atoms with E-state index in [1.165, 1.54) is 0 Å². The van der Waals surface area contributed by atoms with E-state index < -0.39 is 0 Å². The highest BCUT2D eigenvalue weighted by molar-refractivity contribution is 6.37. The lowest BCUT2D eigenvalue weighted by Crippen LogP contribution is -2.18. The SMILES string of the molecule is CNc1nc(NC(C)CCOC)c(Cl)cc1Cl. The minimum atomic E-state index is 0.228. The Kier molecular flexibility index (Phi) is 5.82. The first kappa shape index (κ1) is 14.4. The van der Waals surface area contributed by atoms with Gasteiger partial charge in [-0.2, -0.15) is 0 Å². The van der Waals surface area contributed by atoms with Crippen molar-refractivity contribution in [1.29, 1.82) is 0 Å². The van der Waals surface area contributed by atoms with E-state index in [-0.39, 0.29) is 6.04 Å². The van der Waals surface area contributed by atoms with Crippen molar-refractivity contribution >= 4 is 34.8 Å². The van der Waals surface area contributed by atoms with Gasteiger partial charge in [-0.25, -0.2) is 4.98 Å². The third kappa shape index (κ3) is 4.22. The van der Waals surface area contributed by atoms with E-state index in [1.54, 1.807) is 20.2 Å². The van der Waals surface area contributed by atoms with Gasteiger partial charge in [-0.05, 0) is 19.4 Å². The average molecular weight is 278 g/mol. The highest BCUT2D eigenvalue weighted by Crippen LogP contribution is 2.29. The summed E-state index contributed by atoms with van der Waals surface area (Å²) in [5.41, 5.74) is 0. The molecule has 1 unspecified atom stereocenters. The predicted molar refractivity (Wildman–Crippen MR) is 73.4 cm³/mol. The van der Waals surface area contributed by atoms with Gasteiger partial charge in [-0.15, -0.1) is 0 Å². The maximum atomic E-state index is 6.07. The molecule has 1 aromatic rings. The Labute approximate surface area is 112 Å². The molecule has 17 heavy (non-hydrogen) atoms. The van der Waals surface area contributed by atoms with Gasteiger partial charge < -0.3 is 15.4 Å². The van der Waals surface area contributed by atoms with Crippen LogP contribution in [0, 0.1) is 0 Å². The molecule has 2 N–H and O–H groups in total. The third-order valence-electron chi connectivity index (χ3n) is 2.30. The zero-order valence-corrected chi connectivity index (χ0v) is 11.7. The van der Waals surface area contributed by atoms with Gasteiger partial charge >= 0.3 is 0 Å². The topological polar surface area (TPSA) is 46.2 Å². The lowest BCUT2D eigenvalue weighted by Gasteiger charge is -2.16. The van der Waals surface area contributed by atoms with Gasteiger partial charge in [0.2, 0.25) is 0 Å². The van der Waals surface area contributed by atoms with Crippen molar-refractivity contribution in [2.45, 2.75) is 19.4 Å². The fourth-order valence-electron chi connectivity index (χ4n) is 1.34. The summed E-state index contributed by atoms with van der Waals surface area (Å²) in [6.07, 6.45) is 0.881. The number of ether oxygens (including phenoxy) is 1. The van der Waals surface area contributed by atoms with Crippen molar-refractivity contribution in [3.8, 4) is 0 Å². The molecule has 0 aliphatic heterocycles. The molecule has 6 heteroatoms. The van der Waals surface area contributed by atoms with Gasteiger partial charge in [-0.1, -0.05) is 23.2 Å². The van der Waals surface area contributed by atoms with Gasteiger partial charge in [0.1, 0.15) is 11.6 Å². The van der Waals surface area contributed by atoms with Crippen LogP contribution in [0.2, 0.25) is 10.0 Å². The van der Waals surface area contributed by atoms with E-state index >= 15 is 0 Å². The van der Waals surface area contributed by atoms with Gasteiger partial charge in [0.15, 0.2) is 0 Å². The molecule has 0 aliphatic carbocycles. The number of nitrogens with one attached hydrogen (secondary N) is 2. The quantitative estimate of drug-likeness (QED) is 0.838. The molecule has 0 bridgehead atoms. The smallest absolute Gasteiger partial charge is 0.147 e. The largest absolute Gasteiger partial charge is 0.385 e. The Morgan fingerprint density at radius 1 is 1.35 bits per heavy atom. The zero-order chi connectivity index (χ0) is 12.8. The van der Waals surface area contributed by atoms with E-state index in [9.17, 15) is 0 Å². The molecule has 0 aliphatic rings. The Balaban J connectivity index is 2.76. The van der Waals surface area contributed by atoms with E-state index in [2.05, 4.69) is 15.6 Å². The van der Waals surface area contributed by atoms with Gasteiger partial charge in [0.25, 0.3) is 0 Å². The second-order valence-electron chi connectivity index (χ2n) is 3.73. The lowest BCUT2D eigenvalue weighted by atomic mass is 10.2. The van der Waals surface area contributed by atoms with Crippen LogP contribution in [0.25, 0.3) is 0 Å². The Morgan fingerprint density at radius 3 is 2.59 bits per heavy atom. The van der Waals surface area contributed by atoms with Crippen molar-refractivity contribution in [3.05, 3.63) is 16.1 Å². The summed E-state index contributed by atoms with van der Waals surface area (Å²) in [5.74, 6) is 1.24. The number of pyridine rings is 1. The van der Waals surface area contributed by atoms with Gasteiger partial charge in [0, 0.05) is 26.8 Å². The molecule has 4 nitrogen and oxygen atoms in total. The number of methoxy groups -OCH3 is 1. The van der Waals surface area contributed by atoms with Crippen LogP contribution in [-0.4, -0.2) is 31.8 Å². The van der Waals surface area contributed by atoms with Crippen molar-refractivity contribution in [1.82, 2.24) is 4.98 Å². The normalized spacial score (nSPS) is 12.3. The summed E-state index contributed by atoms with van der Waals surface area (Å²) in [4.78, 5) is 4.31. The molecule has 96 valence electrons. The highest BCUT2D eigenvalue weighted by Gasteiger charge is 2.10. The summed E-state index contributed by atoms with van der Waals surface area (Å²) >= 11 is 12.0. The van der Waals surface area contributed by atoms with E-state index in [4.69, 9.17) is 27.9 Å². The number of rotatable bonds is 6. The molecular weight excluding hydrogens is 261 g/mol. The van der Waals surface area contributed by atoms with Crippen LogP contribution >= 0.6 is 23.2 Å². The number of anilines is 2. The van der Waals surface area contributed by atoms with Crippen LogP contribution in [0.5, 0.6) is 0 Å². The minimum absolute atomic E-state index is 0.228. The van der Waals surface area contributed by atoms with Gasteiger partial charge in [0.05, 0.1) is 10.0 Å². The summed E-state index contributed by atoms with van der Waals surface area (Å²) in [7, 11) is 3.44. The molecule has 1 heterocycles. The predicted octanol–water partition coefficient (Wildman–Crippen LogP) is 3.27. The Hall–Kier alpha value is -0.710. The van der Waals surface area contributed by atoms with E-state index in [0.717, 1.165) is 6.42 Å². The fourth-order valence-corrected chi connectivity index (χ4v) is 1.85. The minimum Gasteiger partial charge on any atom is -0.385 e. The first-order valence-corrected chi connectivity index (χ1v) is 6.13. The molecule has 0 spiro atoms. The molecule has 0 saturated carbocycles. The molecule has 0 radical (unpaired) electrons. The third-order valence-corrected chi connectivity index (χ3v) is 2.88. The average Bonchev–Trinajstić information content (AvgIpc) is 2.30. The monoisotopic (exact) mass is 277 g/mol. The number of aromatic nitrogens is 1. The summed E-state index contributed by atoms with van der Waals surface area (Å²) in [6.45, 7) is 2.74. The molecule has 0 amide bonds. The molecule has 1 atom stereocenters. The Bertz CT molecular complexity index is 374. The summed E-state index contributed by atoms with van der Waals surface area (Å²) in [5, 5.41) is 7.16. The molecule has 0 fully saturated rings. The summed E-state index contributed by atoms with van der Waals surface area (Å²) < 4.78 is 5.02. The van der Waals surface area contributed by atoms with Crippen LogP contribution in [0.1, 0.15) is 13.3 Å². The van der Waals surface area contributed by atoms with E-state index in [0.29, 0.717) is 28.3 Å². The lowest BCUT2D eigenvalue weighted by molar-refractivity contribution is 0.191. The molecular formula is C11H17Cl2N3O. The number of halogens is 2. The maximum Gasteiger partial charge on any atom is 0.147 e. The van der Waals surface area contributed by atoms with Crippen LogP contribution in [0.4, 0.5) is 11.6 Å². The highest BCUT2D eigenvalue weighted by atomic mass is 35.5. The number of nitrogens with zero attached hydrogens (tertiary/aromatic N) is 1. The van der Waals surface area contributed by atoms with Crippen LogP contribution in [0.3, 0.4) is 0 Å². The van der Waals surface area contributed by atoms with Gasteiger partial charge in [-0.3, -0.25) is 0 Å². The van der Waals surface area contributed by atoms with Crippen LogP contribution < -0.4 is 10.6 Å².